The van der Waals surface area contributed by atoms with E-state index in [1.807, 2.05) is 24.3 Å². The van der Waals surface area contributed by atoms with Gasteiger partial charge in [-0.1, -0.05) is 18.2 Å². The molecule has 0 atom stereocenters. The molecule has 0 aliphatic carbocycles. The smallest absolute Gasteiger partial charge is 0.232 e. The van der Waals surface area contributed by atoms with Crippen LogP contribution in [0.25, 0.3) is 11.0 Å². The van der Waals surface area contributed by atoms with E-state index in [1.54, 1.807) is 13.1 Å². The van der Waals surface area contributed by atoms with E-state index in [0.717, 1.165) is 11.0 Å². The van der Waals surface area contributed by atoms with Crippen molar-refractivity contribution in [3.63, 3.8) is 0 Å². The molecule has 1 aromatic heterocycles. The van der Waals surface area contributed by atoms with Gasteiger partial charge in [0.15, 0.2) is 0 Å². The molecule has 0 aliphatic heterocycles. The highest BCUT2D eigenvalue weighted by Crippen LogP contribution is 2.11. The molecule has 0 bridgehead atoms. The van der Waals surface area contributed by atoms with E-state index >= 15 is 0 Å². The van der Waals surface area contributed by atoms with Crippen molar-refractivity contribution in [2.75, 3.05) is 7.05 Å². The normalized spacial score (nSPS) is 11.6. The van der Waals surface area contributed by atoms with Gasteiger partial charge in [0, 0.05) is 12.4 Å². The van der Waals surface area contributed by atoms with Crippen molar-refractivity contribution in [2.45, 2.75) is 0 Å². The molecule has 1 heterocycles. The summed E-state index contributed by atoms with van der Waals surface area (Å²) in [6.07, 6.45) is 0. The summed E-state index contributed by atoms with van der Waals surface area (Å²) in [6.45, 7) is 0. The summed E-state index contributed by atoms with van der Waals surface area (Å²) in [4.78, 5) is 3.90. The first-order chi connectivity index (χ1) is 6.85. The number of hydrogen-bond donors (Lipinski definition) is 0. The van der Waals surface area contributed by atoms with Crippen LogP contribution in [-0.2, 0) is 0 Å². The molecule has 2 aromatic rings. The Kier molecular flexibility index (Phi) is 2.04. The molecule has 2 rings (SSSR count). The topological polar surface area (TPSA) is 49.3 Å². The SMILES string of the molecule is CN=c1oc2ccccc2cc1C#N. The summed E-state index contributed by atoms with van der Waals surface area (Å²) < 4.78 is 5.44. The van der Waals surface area contributed by atoms with Crippen LogP contribution in [0.3, 0.4) is 0 Å². The predicted molar refractivity (Wildman–Crippen MR) is 52.4 cm³/mol. The van der Waals surface area contributed by atoms with Crippen LogP contribution in [0.15, 0.2) is 39.7 Å². The zero-order valence-corrected chi connectivity index (χ0v) is 7.69. The molecule has 0 radical (unpaired) electrons. The third-order valence-electron chi connectivity index (χ3n) is 1.98. The highest BCUT2D eigenvalue weighted by molar-refractivity contribution is 5.77. The van der Waals surface area contributed by atoms with Crippen LogP contribution >= 0.6 is 0 Å². The molecule has 0 N–H and O–H groups in total. The molecular formula is C11H8N2O. The maximum Gasteiger partial charge on any atom is 0.232 e. The zero-order chi connectivity index (χ0) is 9.97. The second-order valence-electron chi connectivity index (χ2n) is 2.84. The Labute approximate surface area is 80.9 Å². The van der Waals surface area contributed by atoms with E-state index in [4.69, 9.17) is 9.68 Å². The fourth-order valence-corrected chi connectivity index (χ4v) is 1.32. The lowest BCUT2D eigenvalue weighted by Gasteiger charge is -1.96. The lowest BCUT2D eigenvalue weighted by molar-refractivity contribution is 0.539. The van der Waals surface area contributed by atoms with Gasteiger partial charge in [-0.2, -0.15) is 5.26 Å². The summed E-state index contributed by atoms with van der Waals surface area (Å²) in [5.41, 5.74) is 1.59. The zero-order valence-electron chi connectivity index (χ0n) is 7.69. The maximum absolute atomic E-state index is 8.84. The number of benzene rings is 1. The monoisotopic (exact) mass is 184 g/mol. The summed E-state index contributed by atoms with van der Waals surface area (Å²) >= 11 is 0. The molecule has 0 fully saturated rings. The quantitative estimate of drug-likeness (QED) is 0.627. The van der Waals surface area contributed by atoms with E-state index < -0.39 is 0 Å². The van der Waals surface area contributed by atoms with E-state index in [2.05, 4.69) is 11.1 Å². The van der Waals surface area contributed by atoms with Gasteiger partial charge >= 0.3 is 0 Å². The minimum atomic E-state index is 0.381. The largest absolute Gasteiger partial charge is 0.437 e. The second kappa shape index (κ2) is 3.35. The van der Waals surface area contributed by atoms with Crippen LogP contribution in [0, 0.1) is 11.3 Å². The molecule has 0 saturated heterocycles. The Morgan fingerprint density at radius 1 is 1.36 bits per heavy atom. The van der Waals surface area contributed by atoms with Gasteiger partial charge in [0.25, 0.3) is 0 Å². The van der Waals surface area contributed by atoms with Gasteiger partial charge in [-0.25, -0.2) is 0 Å². The Bertz CT molecular complexity index is 576. The number of rotatable bonds is 0. The molecule has 68 valence electrons. The van der Waals surface area contributed by atoms with Gasteiger partial charge in [-0.15, -0.1) is 0 Å². The van der Waals surface area contributed by atoms with Crippen molar-refractivity contribution in [3.05, 3.63) is 41.4 Å². The van der Waals surface area contributed by atoms with Crippen molar-refractivity contribution in [1.82, 2.24) is 0 Å². The average molecular weight is 184 g/mol. The first-order valence-electron chi connectivity index (χ1n) is 4.21. The lowest BCUT2D eigenvalue weighted by Crippen LogP contribution is -2.05. The molecule has 0 unspecified atom stereocenters. The number of nitriles is 1. The number of hydrogen-bond acceptors (Lipinski definition) is 3. The molecule has 3 nitrogen and oxygen atoms in total. The van der Waals surface area contributed by atoms with Gasteiger partial charge in [-0.05, 0) is 12.1 Å². The average Bonchev–Trinajstić information content (AvgIpc) is 2.27. The van der Waals surface area contributed by atoms with Gasteiger partial charge in [0.2, 0.25) is 5.55 Å². The minimum Gasteiger partial charge on any atom is -0.437 e. The van der Waals surface area contributed by atoms with Gasteiger partial charge in [0.05, 0.1) is 0 Å². The summed E-state index contributed by atoms with van der Waals surface area (Å²) in [7, 11) is 1.61. The summed E-state index contributed by atoms with van der Waals surface area (Å²) in [5, 5.41) is 9.75. The number of fused-ring (bicyclic) bond motifs is 1. The van der Waals surface area contributed by atoms with Crippen molar-refractivity contribution in [3.8, 4) is 6.07 Å². The maximum atomic E-state index is 8.84. The highest BCUT2D eigenvalue weighted by Gasteiger charge is 2.00. The Morgan fingerprint density at radius 3 is 2.86 bits per heavy atom. The third-order valence-corrected chi connectivity index (χ3v) is 1.98. The van der Waals surface area contributed by atoms with Crippen LogP contribution in [-0.4, -0.2) is 7.05 Å². The number of nitrogens with zero attached hydrogens (tertiary/aromatic N) is 2. The Hall–Kier alpha value is -2.08. The Balaban J connectivity index is 2.91. The van der Waals surface area contributed by atoms with Crippen LogP contribution in [0.2, 0.25) is 0 Å². The standard InChI is InChI=1S/C11H8N2O/c1-13-11-9(7-12)6-8-4-2-3-5-10(8)14-11/h2-6H,1H3. The van der Waals surface area contributed by atoms with Crippen LogP contribution in [0.1, 0.15) is 5.56 Å². The van der Waals surface area contributed by atoms with Crippen LogP contribution in [0.4, 0.5) is 0 Å². The summed E-state index contributed by atoms with van der Waals surface area (Å²) in [6, 6.07) is 11.4. The fraction of sp³-hybridized carbons (Fsp3) is 0.0909. The molecule has 0 aliphatic rings. The first kappa shape index (κ1) is 8.52. The second-order valence-corrected chi connectivity index (χ2v) is 2.84. The van der Waals surface area contributed by atoms with Crippen molar-refractivity contribution in [1.29, 1.82) is 5.26 Å². The van der Waals surface area contributed by atoms with Crippen molar-refractivity contribution >= 4 is 11.0 Å². The van der Waals surface area contributed by atoms with E-state index in [-0.39, 0.29) is 0 Å². The molecule has 14 heavy (non-hydrogen) atoms. The predicted octanol–water partition coefficient (Wildman–Crippen LogP) is 1.83. The molecule has 0 spiro atoms. The van der Waals surface area contributed by atoms with E-state index in [9.17, 15) is 0 Å². The van der Waals surface area contributed by atoms with Crippen molar-refractivity contribution in [2.24, 2.45) is 4.99 Å². The van der Waals surface area contributed by atoms with Crippen LogP contribution in [0.5, 0.6) is 0 Å². The van der Waals surface area contributed by atoms with Crippen molar-refractivity contribution < 1.29 is 4.42 Å². The molecule has 1 aromatic carbocycles. The first-order valence-corrected chi connectivity index (χ1v) is 4.21. The third kappa shape index (κ3) is 1.27. The minimum absolute atomic E-state index is 0.381. The number of para-hydroxylation sites is 1. The van der Waals surface area contributed by atoms with E-state index in [1.165, 1.54) is 0 Å². The highest BCUT2D eigenvalue weighted by atomic mass is 16.3. The Morgan fingerprint density at radius 2 is 2.14 bits per heavy atom. The molecule has 3 heteroatoms. The fourth-order valence-electron chi connectivity index (χ4n) is 1.32. The summed E-state index contributed by atoms with van der Waals surface area (Å²) in [5.74, 6) is 0. The van der Waals surface area contributed by atoms with Crippen LogP contribution < -0.4 is 5.55 Å². The van der Waals surface area contributed by atoms with Gasteiger partial charge in [0.1, 0.15) is 17.2 Å². The van der Waals surface area contributed by atoms with Gasteiger partial charge in [-0.3, -0.25) is 4.99 Å². The lowest BCUT2D eigenvalue weighted by atomic mass is 10.2. The van der Waals surface area contributed by atoms with E-state index in [0.29, 0.717) is 11.1 Å². The molecule has 0 saturated carbocycles. The molecule has 0 amide bonds. The molecular weight excluding hydrogens is 176 g/mol. The van der Waals surface area contributed by atoms with Gasteiger partial charge < -0.3 is 4.42 Å².